The van der Waals surface area contributed by atoms with Crippen molar-refractivity contribution in [3.05, 3.63) is 0 Å². The Morgan fingerprint density at radius 3 is 2.42 bits per heavy atom. The fraction of sp³-hybridized carbons (Fsp3) is 0.857. The minimum atomic E-state index is -0.281. The number of ether oxygens (including phenoxy) is 2. The van der Waals surface area contributed by atoms with E-state index in [2.05, 4.69) is 4.74 Å². The van der Waals surface area contributed by atoms with Crippen molar-refractivity contribution in [3.8, 4) is 0 Å². The normalized spacial score (nSPS) is 15.5. The minimum Gasteiger partial charge on any atom is -0.469 e. The highest BCUT2D eigenvalue weighted by Gasteiger charge is 2.22. The third kappa shape index (κ3) is 6.05. The van der Waals surface area contributed by atoms with E-state index < -0.39 is 0 Å². The monoisotopic (exact) mass is 271 g/mol. The quantitative estimate of drug-likeness (QED) is 0.629. The van der Waals surface area contributed by atoms with Crippen LogP contribution in [0.25, 0.3) is 0 Å². The predicted molar refractivity (Wildman–Crippen MR) is 71.7 cm³/mol. The van der Waals surface area contributed by atoms with Gasteiger partial charge in [-0.25, -0.2) is 0 Å². The molecule has 1 aliphatic rings. The molecule has 0 aromatic carbocycles. The number of nitrogens with zero attached hydrogens (tertiary/aromatic N) is 1. The average Bonchev–Trinajstić information content (AvgIpc) is 2.91. The summed E-state index contributed by atoms with van der Waals surface area (Å²) in [6.45, 7) is 1.46. The summed E-state index contributed by atoms with van der Waals surface area (Å²) in [7, 11) is 2.97. The van der Waals surface area contributed by atoms with Crippen LogP contribution in [0.1, 0.15) is 38.5 Å². The third-order valence-electron chi connectivity index (χ3n) is 3.67. The van der Waals surface area contributed by atoms with E-state index in [1.807, 2.05) is 0 Å². The smallest absolute Gasteiger partial charge is 0.307 e. The van der Waals surface area contributed by atoms with Crippen LogP contribution in [-0.4, -0.2) is 50.7 Å². The van der Waals surface area contributed by atoms with Crippen LogP contribution < -0.4 is 0 Å². The van der Waals surface area contributed by atoms with Gasteiger partial charge in [0.05, 0.1) is 20.1 Å². The summed E-state index contributed by atoms with van der Waals surface area (Å²) in [6, 6.07) is 0. The lowest BCUT2D eigenvalue weighted by molar-refractivity contribution is -0.142. The second-order valence-corrected chi connectivity index (χ2v) is 5.05. The molecule has 0 atom stereocenters. The van der Waals surface area contributed by atoms with Crippen molar-refractivity contribution in [2.24, 2.45) is 5.92 Å². The van der Waals surface area contributed by atoms with E-state index in [0.29, 0.717) is 32.0 Å². The molecule has 19 heavy (non-hydrogen) atoms. The molecule has 1 amide bonds. The molecule has 0 aliphatic heterocycles. The van der Waals surface area contributed by atoms with Crippen LogP contribution in [0.2, 0.25) is 0 Å². The minimum absolute atomic E-state index is 0.132. The molecule has 0 saturated heterocycles. The van der Waals surface area contributed by atoms with E-state index in [9.17, 15) is 9.59 Å². The number of carbonyl (C=O) groups excluding carboxylic acids is 2. The van der Waals surface area contributed by atoms with Gasteiger partial charge in [0, 0.05) is 26.6 Å². The SMILES string of the molecule is COCCN(CCC(=O)OC)C(=O)CC1CCCC1. The Hall–Kier alpha value is -1.10. The van der Waals surface area contributed by atoms with Gasteiger partial charge < -0.3 is 14.4 Å². The molecule has 0 aromatic rings. The average molecular weight is 271 g/mol. The van der Waals surface area contributed by atoms with Gasteiger partial charge in [0.15, 0.2) is 0 Å². The molecule has 0 aromatic heterocycles. The van der Waals surface area contributed by atoms with E-state index in [0.717, 1.165) is 12.8 Å². The number of rotatable bonds is 8. The van der Waals surface area contributed by atoms with Crippen molar-refractivity contribution < 1.29 is 19.1 Å². The Morgan fingerprint density at radius 2 is 1.84 bits per heavy atom. The Kier molecular flexibility index (Phi) is 7.48. The second kappa shape index (κ2) is 8.91. The highest BCUT2D eigenvalue weighted by molar-refractivity contribution is 5.77. The summed E-state index contributed by atoms with van der Waals surface area (Å²) in [5.74, 6) is 0.375. The Morgan fingerprint density at radius 1 is 1.16 bits per heavy atom. The van der Waals surface area contributed by atoms with Crippen molar-refractivity contribution in [3.63, 3.8) is 0 Å². The predicted octanol–water partition coefficient (Wildman–Crippen LogP) is 1.60. The van der Waals surface area contributed by atoms with E-state index >= 15 is 0 Å². The van der Waals surface area contributed by atoms with Crippen LogP contribution in [0.5, 0.6) is 0 Å². The largest absolute Gasteiger partial charge is 0.469 e. The molecule has 0 N–H and O–H groups in total. The lowest BCUT2D eigenvalue weighted by Crippen LogP contribution is -2.36. The summed E-state index contributed by atoms with van der Waals surface area (Å²) in [6.07, 6.45) is 5.62. The van der Waals surface area contributed by atoms with Crippen molar-refractivity contribution >= 4 is 11.9 Å². The number of esters is 1. The topological polar surface area (TPSA) is 55.8 Å². The molecule has 5 heteroatoms. The van der Waals surface area contributed by atoms with Crippen LogP contribution in [0, 0.1) is 5.92 Å². The van der Waals surface area contributed by atoms with Gasteiger partial charge >= 0.3 is 5.97 Å². The van der Waals surface area contributed by atoms with Gasteiger partial charge in [-0.1, -0.05) is 12.8 Å². The van der Waals surface area contributed by atoms with Gasteiger partial charge in [-0.2, -0.15) is 0 Å². The molecule has 1 fully saturated rings. The first kappa shape index (κ1) is 16.0. The third-order valence-corrected chi connectivity index (χ3v) is 3.67. The van der Waals surface area contributed by atoms with Crippen molar-refractivity contribution in [2.45, 2.75) is 38.5 Å². The maximum atomic E-state index is 12.2. The van der Waals surface area contributed by atoms with Crippen LogP contribution in [0.15, 0.2) is 0 Å². The Labute approximate surface area is 115 Å². The van der Waals surface area contributed by atoms with Gasteiger partial charge in [-0.3, -0.25) is 9.59 Å². The molecule has 0 radical (unpaired) electrons. The second-order valence-electron chi connectivity index (χ2n) is 5.05. The standard InChI is InChI=1S/C14H25NO4/c1-18-10-9-15(8-7-14(17)19-2)13(16)11-12-5-3-4-6-12/h12H,3-11H2,1-2H3. The van der Waals surface area contributed by atoms with Gasteiger partial charge in [0.25, 0.3) is 0 Å². The molecule has 0 heterocycles. The highest BCUT2D eigenvalue weighted by Crippen LogP contribution is 2.28. The number of amides is 1. The number of hydrogen-bond donors (Lipinski definition) is 0. The number of hydrogen-bond acceptors (Lipinski definition) is 4. The zero-order chi connectivity index (χ0) is 14.1. The maximum Gasteiger partial charge on any atom is 0.307 e. The molecule has 1 saturated carbocycles. The number of methoxy groups -OCH3 is 2. The van der Waals surface area contributed by atoms with E-state index in [4.69, 9.17) is 4.74 Å². The van der Waals surface area contributed by atoms with Crippen molar-refractivity contribution in [1.82, 2.24) is 4.90 Å². The first-order chi connectivity index (χ1) is 9.17. The lowest BCUT2D eigenvalue weighted by atomic mass is 10.0. The van der Waals surface area contributed by atoms with Crippen LogP contribution in [0.4, 0.5) is 0 Å². The molecule has 5 nitrogen and oxygen atoms in total. The Bertz CT molecular complexity index is 287. The molecule has 0 bridgehead atoms. The molecule has 0 spiro atoms. The summed E-state index contributed by atoms with van der Waals surface area (Å²) < 4.78 is 9.63. The molecule has 1 aliphatic carbocycles. The summed E-state index contributed by atoms with van der Waals surface area (Å²) in [4.78, 5) is 25.1. The molecular weight excluding hydrogens is 246 g/mol. The van der Waals surface area contributed by atoms with Crippen LogP contribution in [-0.2, 0) is 19.1 Å². The molecular formula is C14H25NO4. The molecule has 1 rings (SSSR count). The van der Waals surface area contributed by atoms with Crippen LogP contribution >= 0.6 is 0 Å². The van der Waals surface area contributed by atoms with Gasteiger partial charge in [-0.15, -0.1) is 0 Å². The lowest BCUT2D eigenvalue weighted by Gasteiger charge is -2.23. The summed E-state index contributed by atoms with van der Waals surface area (Å²) in [5.41, 5.74) is 0. The van der Waals surface area contributed by atoms with Gasteiger partial charge in [0.1, 0.15) is 0 Å². The molecule has 0 unspecified atom stereocenters. The first-order valence-corrected chi connectivity index (χ1v) is 7.01. The number of carbonyl (C=O) groups is 2. The first-order valence-electron chi connectivity index (χ1n) is 7.01. The maximum absolute atomic E-state index is 12.2. The van der Waals surface area contributed by atoms with E-state index in [-0.39, 0.29) is 18.3 Å². The van der Waals surface area contributed by atoms with Crippen molar-refractivity contribution in [1.29, 1.82) is 0 Å². The van der Waals surface area contributed by atoms with Crippen LogP contribution in [0.3, 0.4) is 0 Å². The van der Waals surface area contributed by atoms with Crippen molar-refractivity contribution in [2.75, 3.05) is 33.9 Å². The van der Waals surface area contributed by atoms with Gasteiger partial charge in [0.2, 0.25) is 5.91 Å². The summed E-state index contributed by atoms with van der Waals surface area (Å²) in [5, 5.41) is 0. The fourth-order valence-electron chi connectivity index (χ4n) is 2.48. The highest BCUT2D eigenvalue weighted by atomic mass is 16.5. The zero-order valence-corrected chi connectivity index (χ0v) is 12.0. The Balaban J connectivity index is 2.40. The van der Waals surface area contributed by atoms with E-state index in [1.165, 1.54) is 20.0 Å². The fourth-order valence-corrected chi connectivity index (χ4v) is 2.48. The zero-order valence-electron chi connectivity index (χ0n) is 12.0. The molecule has 110 valence electrons. The van der Waals surface area contributed by atoms with E-state index in [1.54, 1.807) is 12.0 Å². The summed E-state index contributed by atoms with van der Waals surface area (Å²) >= 11 is 0. The van der Waals surface area contributed by atoms with Gasteiger partial charge in [-0.05, 0) is 18.8 Å².